The lowest BCUT2D eigenvalue weighted by atomic mass is 10.1. The highest BCUT2D eigenvalue weighted by Gasteiger charge is 2.14. The molecule has 1 saturated heterocycles. The molecule has 1 fully saturated rings. The van der Waals surface area contributed by atoms with E-state index in [4.69, 9.17) is 9.47 Å². The minimum absolute atomic E-state index is 0.255. The van der Waals surface area contributed by atoms with Gasteiger partial charge in [0.15, 0.2) is 0 Å². The number of morpholine rings is 1. The number of rotatable bonds is 8. The molecule has 0 unspecified atom stereocenters. The van der Waals surface area contributed by atoms with Crippen molar-refractivity contribution in [2.45, 2.75) is 6.92 Å². The minimum Gasteiger partial charge on any atom is -0.492 e. The number of carbonyl (C=O) groups excluding carboxylic acids is 2. The van der Waals surface area contributed by atoms with Crippen molar-refractivity contribution in [3.63, 3.8) is 0 Å². The molecule has 154 valence electrons. The van der Waals surface area contributed by atoms with Crippen molar-refractivity contribution >= 4 is 17.5 Å². The number of hydrogen-bond donors (Lipinski definition) is 2. The molecule has 2 aromatic rings. The molecule has 0 bridgehead atoms. The van der Waals surface area contributed by atoms with E-state index < -0.39 is 0 Å². The summed E-state index contributed by atoms with van der Waals surface area (Å²) in [6.45, 7) is 6.85. The van der Waals surface area contributed by atoms with Crippen LogP contribution in [-0.4, -0.2) is 67.7 Å². The van der Waals surface area contributed by atoms with Crippen molar-refractivity contribution in [3.8, 4) is 5.75 Å². The van der Waals surface area contributed by atoms with E-state index in [9.17, 15) is 9.59 Å². The molecule has 1 aromatic heterocycles. The van der Waals surface area contributed by atoms with Crippen LogP contribution in [0.2, 0.25) is 0 Å². The monoisotopic (exact) mass is 398 g/mol. The van der Waals surface area contributed by atoms with Gasteiger partial charge in [-0.1, -0.05) is 12.1 Å². The molecule has 2 N–H and O–H groups in total. The molecule has 2 amide bonds. The molecule has 0 radical (unpaired) electrons. The van der Waals surface area contributed by atoms with Gasteiger partial charge in [-0.2, -0.15) is 0 Å². The number of pyridine rings is 1. The zero-order valence-electron chi connectivity index (χ0n) is 16.5. The van der Waals surface area contributed by atoms with Gasteiger partial charge in [0.2, 0.25) is 0 Å². The molecule has 1 aliphatic heterocycles. The second kappa shape index (κ2) is 10.5. The van der Waals surface area contributed by atoms with Crippen LogP contribution in [0.5, 0.6) is 5.75 Å². The standard InChI is InChI=1S/C21H26N4O4/c1-2-29-19-6-4-3-5-18(19)24-21(27)17-13-16(14-22-15-17)20(26)23-7-8-25-9-11-28-12-10-25/h3-6,13-15H,2,7-12H2,1H3,(H,23,26)(H,24,27). The number of amides is 2. The average molecular weight is 398 g/mol. The third-order valence-corrected chi connectivity index (χ3v) is 4.52. The summed E-state index contributed by atoms with van der Waals surface area (Å²) in [7, 11) is 0. The molecule has 0 aliphatic carbocycles. The van der Waals surface area contributed by atoms with Crippen molar-refractivity contribution in [1.29, 1.82) is 0 Å². The Labute approximate surface area is 170 Å². The van der Waals surface area contributed by atoms with Crippen LogP contribution in [0, 0.1) is 0 Å². The average Bonchev–Trinajstić information content (AvgIpc) is 2.76. The van der Waals surface area contributed by atoms with E-state index in [1.54, 1.807) is 12.1 Å². The van der Waals surface area contributed by atoms with Gasteiger partial charge in [0.1, 0.15) is 5.75 Å². The van der Waals surface area contributed by atoms with Crippen LogP contribution in [-0.2, 0) is 4.74 Å². The van der Waals surface area contributed by atoms with Gasteiger partial charge >= 0.3 is 0 Å². The van der Waals surface area contributed by atoms with Gasteiger partial charge in [0.05, 0.1) is 36.6 Å². The maximum Gasteiger partial charge on any atom is 0.257 e. The fourth-order valence-corrected chi connectivity index (χ4v) is 2.99. The number of carbonyl (C=O) groups is 2. The fourth-order valence-electron chi connectivity index (χ4n) is 2.99. The van der Waals surface area contributed by atoms with E-state index in [0.717, 1.165) is 32.8 Å². The Kier molecular flexibility index (Phi) is 7.54. The van der Waals surface area contributed by atoms with Crippen LogP contribution in [0.1, 0.15) is 27.6 Å². The van der Waals surface area contributed by atoms with E-state index in [2.05, 4.69) is 20.5 Å². The first-order chi connectivity index (χ1) is 14.2. The normalized spacial score (nSPS) is 14.2. The van der Waals surface area contributed by atoms with E-state index >= 15 is 0 Å². The van der Waals surface area contributed by atoms with Gasteiger partial charge in [-0.25, -0.2) is 0 Å². The molecular weight excluding hydrogens is 372 g/mol. The molecule has 3 rings (SSSR count). The molecule has 0 spiro atoms. The van der Waals surface area contributed by atoms with Gasteiger partial charge < -0.3 is 20.1 Å². The Hall–Kier alpha value is -2.97. The number of aromatic nitrogens is 1. The van der Waals surface area contributed by atoms with Gasteiger partial charge in [0.25, 0.3) is 11.8 Å². The molecule has 29 heavy (non-hydrogen) atoms. The first-order valence-corrected chi connectivity index (χ1v) is 9.74. The van der Waals surface area contributed by atoms with Crippen molar-refractivity contribution in [2.75, 3.05) is 51.3 Å². The molecular formula is C21H26N4O4. The molecule has 8 nitrogen and oxygen atoms in total. The summed E-state index contributed by atoms with van der Waals surface area (Å²) in [6, 6.07) is 8.74. The van der Waals surface area contributed by atoms with Crippen LogP contribution in [0.15, 0.2) is 42.7 Å². The van der Waals surface area contributed by atoms with Crippen LogP contribution in [0.3, 0.4) is 0 Å². The van der Waals surface area contributed by atoms with E-state index in [1.165, 1.54) is 18.5 Å². The third-order valence-electron chi connectivity index (χ3n) is 4.52. The number of benzene rings is 1. The van der Waals surface area contributed by atoms with E-state index in [0.29, 0.717) is 35.7 Å². The zero-order chi connectivity index (χ0) is 20.5. The largest absolute Gasteiger partial charge is 0.492 e. The summed E-state index contributed by atoms with van der Waals surface area (Å²) >= 11 is 0. The molecule has 0 saturated carbocycles. The number of anilines is 1. The summed E-state index contributed by atoms with van der Waals surface area (Å²) in [5, 5.41) is 5.68. The van der Waals surface area contributed by atoms with Crippen LogP contribution < -0.4 is 15.4 Å². The van der Waals surface area contributed by atoms with Crippen molar-refractivity contribution < 1.29 is 19.1 Å². The quantitative estimate of drug-likeness (QED) is 0.704. The third kappa shape index (κ3) is 6.00. The maximum atomic E-state index is 12.6. The second-order valence-electron chi connectivity index (χ2n) is 6.56. The van der Waals surface area contributed by atoms with Crippen molar-refractivity contribution in [3.05, 3.63) is 53.9 Å². The first-order valence-electron chi connectivity index (χ1n) is 9.74. The van der Waals surface area contributed by atoms with E-state index in [-0.39, 0.29) is 11.8 Å². The molecule has 0 atom stereocenters. The topological polar surface area (TPSA) is 92.8 Å². The van der Waals surface area contributed by atoms with Gasteiger partial charge in [-0.05, 0) is 25.1 Å². The highest BCUT2D eigenvalue weighted by atomic mass is 16.5. The first kappa shape index (κ1) is 20.8. The Morgan fingerprint density at radius 2 is 1.86 bits per heavy atom. The summed E-state index contributed by atoms with van der Waals surface area (Å²) in [6.07, 6.45) is 2.89. The molecule has 2 heterocycles. The predicted octanol–water partition coefficient (Wildman–Crippen LogP) is 1.79. The van der Waals surface area contributed by atoms with Gasteiger partial charge in [0, 0.05) is 38.6 Å². The van der Waals surface area contributed by atoms with Crippen LogP contribution in [0.4, 0.5) is 5.69 Å². The Morgan fingerprint density at radius 3 is 2.62 bits per heavy atom. The second-order valence-corrected chi connectivity index (χ2v) is 6.56. The van der Waals surface area contributed by atoms with Gasteiger partial charge in [-0.3, -0.25) is 19.5 Å². The SMILES string of the molecule is CCOc1ccccc1NC(=O)c1cncc(C(=O)NCCN2CCOCC2)c1. The van der Waals surface area contributed by atoms with Crippen LogP contribution >= 0.6 is 0 Å². The Balaban J connectivity index is 1.58. The summed E-state index contributed by atoms with van der Waals surface area (Å²) < 4.78 is 10.8. The van der Waals surface area contributed by atoms with Crippen molar-refractivity contribution in [2.24, 2.45) is 0 Å². The Morgan fingerprint density at radius 1 is 1.14 bits per heavy atom. The number of nitrogens with zero attached hydrogens (tertiary/aromatic N) is 2. The van der Waals surface area contributed by atoms with Crippen LogP contribution in [0.25, 0.3) is 0 Å². The molecule has 8 heteroatoms. The smallest absolute Gasteiger partial charge is 0.257 e. The number of nitrogens with one attached hydrogen (secondary N) is 2. The highest BCUT2D eigenvalue weighted by Crippen LogP contribution is 2.24. The summed E-state index contributed by atoms with van der Waals surface area (Å²) in [5.74, 6) is -0.0175. The number of ether oxygens (including phenoxy) is 2. The lowest BCUT2D eigenvalue weighted by Crippen LogP contribution is -2.41. The minimum atomic E-state index is -0.354. The number of para-hydroxylation sites is 2. The van der Waals surface area contributed by atoms with E-state index in [1.807, 2.05) is 19.1 Å². The molecule has 1 aromatic carbocycles. The maximum absolute atomic E-state index is 12.6. The summed E-state index contributed by atoms with van der Waals surface area (Å²) in [5.41, 5.74) is 1.22. The molecule has 1 aliphatic rings. The highest BCUT2D eigenvalue weighted by molar-refractivity contribution is 6.06. The summed E-state index contributed by atoms with van der Waals surface area (Å²) in [4.78, 5) is 31.3. The predicted molar refractivity (Wildman–Crippen MR) is 109 cm³/mol. The van der Waals surface area contributed by atoms with Gasteiger partial charge in [-0.15, -0.1) is 0 Å². The fraction of sp³-hybridized carbons (Fsp3) is 0.381. The van der Waals surface area contributed by atoms with Crippen molar-refractivity contribution in [1.82, 2.24) is 15.2 Å². The number of hydrogen-bond acceptors (Lipinski definition) is 6. The Bertz CT molecular complexity index is 837. The zero-order valence-corrected chi connectivity index (χ0v) is 16.5. The lowest BCUT2D eigenvalue weighted by Gasteiger charge is -2.26. The lowest BCUT2D eigenvalue weighted by molar-refractivity contribution is 0.0383.